The molecule has 0 bridgehead atoms. The second-order valence-electron chi connectivity index (χ2n) is 3.40. The van der Waals surface area contributed by atoms with Crippen molar-refractivity contribution in [3.8, 4) is 5.75 Å². The molecule has 0 atom stereocenters. The predicted molar refractivity (Wildman–Crippen MR) is 55.5 cm³/mol. The Morgan fingerprint density at radius 1 is 1.57 bits per heavy atom. The van der Waals surface area contributed by atoms with Gasteiger partial charge in [-0.15, -0.1) is 0 Å². The maximum atomic E-state index is 11.4. The fourth-order valence-corrected chi connectivity index (χ4v) is 1.37. The highest BCUT2D eigenvalue weighted by atomic mass is 16.5. The van der Waals surface area contributed by atoms with Gasteiger partial charge in [0, 0.05) is 24.3 Å². The number of ether oxygens (including phenoxy) is 1. The van der Waals surface area contributed by atoms with E-state index in [0.717, 1.165) is 5.69 Å². The number of pyridine rings is 1. The largest absolute Gasteiger partial charge is 0.491 e. The molecule has 0 aliphatic rings. The Bertz CT molecular complexity index is 369. The Morgan fingerprint density at radius 3 is 2.64 bits per heavy atom. The van der Waals surface area contributed by atoms with Gasteiger partial charge in [-0.25, -0.2) is 0 Å². The zero-order valence-electron chi connectivity index (χ0n) is 8.78. The van der Waals surface area contributed by atoms with Gasteiger partial charge < -0.3 is 15.0 Å². The molecule has 0 radical (unpaired) electrons. The molecule has 78 valence electrons. The average Bonchev–Trinajstić information content (AvgIpc) is 2.16. The second-order valence-corrected chi connectivity index (χ2v) is 3.40. The Labute approximate surface area is 83.3 Å². The fourth-order valence-electron chi connectivity index (χ4n) is 1.37. The smallest absolute Gasteiger partial charge is 0.223 e. The highest BCUT2D eigenvalue weighted by Crippen LogP contribution is 2.12. The van der Waals surface area contributed by atoms with E-state index in [2.05, 4.69) is 0 Å². The topological polar surface area (TPSA) is 57.2 Å². The molecule has 1 aromatic heterocycles. The van der Waals surface area contributed by atoms with E-state index in [9.17, 15) is 4.79 Å². The number of nitrogens with zero attached hydrogens (tertiary/aromatic N) is 1. The first-order chi connectivity index (χ1) is 6.60. The lowest BCUT2D eigenvalue weighted by atomic mass is 10.2. The van der Waals surface area contributed by atoms with Crippen LogP contribution in [0.2, 0.25) is 0 Å². The summed E-state index contributed by atoms with van der Waals surface area (Å²) in [5, 5.41) is 0. The van der Waals surface area contributed by atoms with Crippen molar-refractivity contribution in [1.82, 2.24) is 4.57 Å². The molecule has 0 saturated heterocycles. The Hall–Kier alpha value is -1.29. The molecule has 0 fully saturated rings. The lowest BCUT2D eigenvalue weighted by molar-refractivity contribution is 0.400. The molecule has 1 rings (SSSR count). The van der Waals surface area contributed by atoms with Gasteiger partial charge in [-0.2, -0.15) is 0 Å². The molecule has 2 N–H and O–H groups in total. The van der Waals surface area contributed by atoms with Crippen LogP contribution in [0.1, 0.15) is 25.6 Å². The van der Waals surface area contributed by atoms with Gasteiger partial charge >= 0.3 is 0 Å². The van der Waals surface area contributed by atoms with Gasteiger partial charge in [0.1, 0.15) is 0 Å². The van der Waals surface area contributed by atoms with Crippen molar-refractivity contribution in [3.63, 3.8) is 0 Å². The monoisotopic (exact) mass is 196 g/mol. The number of methoxy groups -OCH3 is 1. The third-order valence-corrected chi connectivity index (χ3v) is 2.11. The van der Waals surface area contributed by atoms with E-state index >= 15 is 0 Å². The number of hydrogen-bond acceptors (Lipinski definition) is 3. The molecule has 0 saturated carbocycles. The van der Waals surface area contributed by atoms with Crippen molar-refractivity contribution in [2.24, 2.45) is 5.73 Å². The maximum Gasteiger partial charge on any atom is 0.223 e. The van der Waals surface area contributed by atoms with Crippen LogP contribution < -0.4 is 15.9 Å². The minimum Gasteiger partial charge on any atom is -0.491 e. The SMILES string of the molecule is COc1cn(C(C)C)c(CN)cc1=O. The fraction of sp³-hybridized carbons (Fsp3) is 0.500. The normalized spacial score (nSPS) is 10.6. The van der Waals surface area contributed by atoms with Crippen LogP contribution in [0.5, 0.6) is 5.75 Å². The van der Waals surface area contributed by atoms with Crippen LogP contribution in [0.25, 0.3) is 0 Å². The van der Waals surface area contributed by atoms with Crippen LogP contribution in [0, 0.1) is 0 Å². The van der Waals surface area contributed by atoms with Crippen LogP contribution in [0.15, 0.2) is 17.1 Å². The number of rotatable bonds is 3. The van der Waals surface area contributed by atoms with Crippen LogP contribution in [-0.4, -0.2) is 11.7 Å². The summed E-state index contributed by atoms with van der Waals surface area (Å²) in [6, 6.07) is 1.79. The summed E-state index contributed by atoms with van der Waals surface area (Å²) >= 11 is 0. The molecule has 14 heavy (non-hydrogen) atoms. The summed E-state index contributed by atoms with van der Waals surface area (Å²) < 4.78 is 6.91. The van der Waals surface area contributed by atoms with Crippen LogP contribution in [0.3, 0.4) is 0 Å². The number of nitrogens with two attached hydrogens (primary N) is 1. The van der Waals surface area contributed by atoms with Crippen LogP contribution in [0.4, 0.5) is 0 Å². The molecule has 1 heterocycles. The third-order valence-electron chi connectivity index (χ3n) is 2.11. The van der Waals surface area contributed by atoms with E-state index in [1.54, 1.807) is 6.20 Å². The maximum absolute atomic E-state index is 11.4. The van der Waals surface area contributed by atoms with Gasteiger partial charge in [0.2, 0.25) is 5.43 Å². The Kier molecular flexibility index (Phi) is 3.30. The summed E-state index contributed by atoms with van der Waals surface area (Å²) in [6.45, 7) is 4.42. The van der Waals surface area contributed by atoms with Gasteiger partial charge in [0.25, 0.3) is 0 Å². The standard InChI is InChI=1S/C10H16N2O2/c1-7(2)12-6-10(14-3)9(13)4-8(12)5-11/h4,6-7H,5,11H2,1-3H3. The first kappa shape index (κ1) is 10.8. The van der Waals surface area contributed by atoms with Crippen molar-refractivity contribution in [2.75, 3.05) is 7.11 Å². The summed E-state index contributed by atoms with van der Waals surface area (Å²) in [5.41, 5.74) is 6.25. The van der Waals surface area contributed by atoms with Gasteiger partial charge in [0.05, 0.1) is 13.3 Å². The molecular weight excluding hydrogens is 180 g/mol. The van der Waals surface area contributed by atoms with E-state index in [0.29, 0.717) is 12.3 Å². The van der Waals surface area contributed by atoms with Crippen molar-refractivity contribution in [3.05, 3.63) is 28.2 Å². The molecule has 4 nitrogen and oxygen atoms in total. The average molecular weight is 196 g/mol. The summed E-state index contributed by atoms with van der Waals surface area (Å²) in [4.78, 5) is 11.4. The molecule has 0 aromatic carbocycles. The molecule has 1 aromatic rings. The van der Waals surface area contributed by atoms with Crippen molar-refractivity contribution in [2.45, 2.75) is 26.4 Å². The predicted octanol–water partition coefficient (Wildman–Crippen LogP) is 0.896. The number of hydrogen-bond donors (Lipinski definition) is 1. The molecule has 0 unspecified atom stereocenters. The van der Waals surface area contributed by atoms with E-state index in [4.69, 9.17) is 10.5 Å². The number of aromatic nitrogens is 1. The summed E-state index contributed by atoms with van der Waals surface area (Å²) in [7, 11) is 1.49. The minimum absolute atomic E-state index is 0.121. The molecule has 0 amide bonds. The van der Waals surface area contributed by atoms with Gasteiger partial charge in [0.15, 0.2) is 5.75 Å². The van der Waals surface area contributed by atoms with Gasteiger partial charge in [-0.1, -0.05) is 0 Å². The van der Waals surface area contributed by atoms with E-state index < -0.39 is 0 Å². The Morgan fingerprint density at radius 2 is 2.21 bits per heavy atom. The minimum atomic E-state index is -0.121. The quantitative estimate of drug-likeness (QED) is 0.781. The van der Waals surface area contributed by atoms with Crippen molar-refractivity contribution >= 4 is 0 Å². The van der Waals surface area contributed by atoms with Crippen LogP contribution >= 0.6 is 0 Å². The third kappa shape index (κ3) is 1.96. The van der Waals surface area contributed by atoms with E-state index in [1.165, 1.54) is 13.2 Å². The molecule has 0 aliphatic carbocycles. The van der Waals surface area contributed by atoms with Gasteiger partial charge in [-0.3, -0.25) is 4.79 Å². The second kappa shape index (κ2) is 4.28. The van der Waals surface area contributed by atoms with E-state index in [1.807, 2.05) is 18.4 Å². The molecule has 0 spiro atoms. The summed E-state index contributed by atoms with van der Waals surface area (Å²) in [6.07, 6.45) is 1.70. The molecular formula is C10H16N2O2. The first-order valence-corrected chi connectivity index (χ1v) is 4.59. The van der Waals surface area contributed by atoms with Crippen LogP contribution in [-0.2, 0) is 6.54 Å². The highest BCUT2D eigenvalue weighted by molar-refractivity contribution is 5.22. The lowest BCUT2D eigenvalue weighted by Gasteiger charge is -2.16. The lowest BCUT2D eigenvalue weighted by Crippen LogP contribution is -2.18. The highest BCUT2D eigenvalue weighted by Gasteiger charge is 2.07. The zero-order valence-corrected chi connectivity index (χ0v) is 8.78. The summed E-state index contributed by atoms with van der Waals surface area (Å²) in [5.74, 6) is 0.357. The van der Waals surface area contributed by atoms with Crippen molar-refractivity contribution < 1.29 is 4.74 Å². The Balaban J connectivity index is 3.32. The molecule has 0 aliphatic heterocycles. The zero-order chi connectivity index (χ0) is 10.7. The van der Waals surface area contributed by atoms with E-state index in [-0.39, 0.29) is 11.5 Å². The van der Waals surface area contributed by atoms with Crippen molar-refractivity contribution in [1.29, 1.82) is 0 Å². The van der Waals surface area contributed by atoms with Gasteiger partial charge in [-0.05, 0) is 13.8 Å². The molecule has 4 heteroatoms. The first-order valence-electron chi connectivity index (χ1n) is 4.59.